The highest BCUT2D eigenvalue weighted by Gasteiger charge is 2.07. The molecule has 234 valence electrons. The van der Waals surface area contributed by atoms with E-state index < -0.39 is 0 Å². The average molecular weight is 593 g/mol. The van der Waals surface area contributed by atoms with Crippen molar-refractivity contribution < 1.29 is 10.2 Å². The lowest BCUT2D eigenvalue weighted by molar-refractivity contribution is 0.405. The Labute approximate surface area is 265 Å². The molecular formula is C40H52N2O2. The molecular weight excluding hydrogens is 540 g/mol. The van der Waals surface area contributed by atoms with Gasteiger partial charge in [-0.3, -0.25) is 9.98 Å². The molecule has 4 nitrogen and oxygen atoms in total. The van der Waals surface area contributed by atoms with Gasteiger partial charge >= 0.3 is 0 Å². The van der Waals surface area contributed by atoms with Gasteiger partial charge in [-0.1, -0.05) is 79.2 Å². The molecule has 0 atom stereocenters. The van der Waals surface area contributed by atoms with Crippen LogP contribution in [0.1, 0.15) is 101 Å². The summed E-state index contributed by atoms with van der Waals surface area (Å²) < 4.78 is 0. The van der Waals surface area contributed by atoms with Crippen LogP contribution in [0.3, 0.4) is 0 Å². The SMILES string of the molecule is CCCCC(C=Nc1ccc(CC)c(CC)c1)=Nc1ccc(CC)c(CC)c1.CCc1cc(CC)c2cc(O)c(O)cc2c1. The van der Waals surface area contributed by atoms with Gasteiger partial charge in [0.2, 0.25) is 0 Å². The third-order valence-corrected chi connectivity index (χ3v) is 8.31. The molecule has 0 bridgehead atoms. The van der Waals surface area contributed by atoms with Gasteiger partial charge in [0.05, 0.1) is 17.1 Å². The van der Waals surface area contributed by atoms with Crippen LogP contribution < -0.4 is 0 Å². The number of aliphatic imine (C=N–C) groups is 2. The highest BCUT2D eigenvalue weighted by atomic mass is 16.3. The number of aryl methyl sites for hydroxylation is 6. The Morgan fingerprint density at radius 1 is 0.591 bits per heavy atom. The van der Waals surface area contributed by atoms with Crippen molar-refractivity contribution in [2.24, 2.45) is 9.98 Å². The van der Waals surface area contributed by atoms with Crippen LogP contribution in [-0.4, -0.2) is 22.1 Å². The summed E-state index contributed by atoms with van der Waals surface area (Å²) in [5.41, 5.74) is 11.2. The first-order valence-electron chi connectivity index (χ1n) is 16.6. The highest BCUT2D eigenvalue weighted by molar-refractivity contribution is 6.31. The first kappa shape index (κ1) is 34.6. The molecule has 0 aliphatic carbocycles. The smallest absolute Gasteiger partial charge is 0.158 e. The van der Waals surface area contributed by atoms with Crippen molar-refractivity contribution in [3.8, 4) is 11.5 Å². The van der Waals surface area contributed by atoms with Gasteiger partial charge in [-0.15, -0.1) is 0 Å². The van der Waals surface area contributed by atoms with Crippen molar-refractivity contribution in [1.82, 2.24) is 0 Å². The first-order chi connectivity index (χ1) is 21.3. The lowest BCUT2D eigenvalue weighted by Crippen LogP contribution is -2.00. The second-order valence-electron chi connectivity index (χ2n) is 11.3. The van der Waals surface area contributed by atoms with Crippen LogP contribution in [0, 0.1) is 0 Å². The van der Waals surface area contributed by atoms with Gasteiger partial charge < -0.3 is 10.2 Å². The molecule has 0 fully saturated rings. The predicted molar refractivity (Wildman–Crippen MR) is 191 cm³/mol. The Morgan fingerprint density at radius 2 is 1.16 bits per heavy atom. The van der Waals surface area contributed by atoms with Gasteiger partial charge in [0.1, 0.15) is 0 Å². The molecule has 0 amide bonds. The van der Waals surface area contributed by atoms with Gasteiger partial charge in [0.15, 0.2) is 11.5 Å². The van der Waals surface area contributed by atoms with Gasteiger partial charge in [-0.25, -0.2) is 0 Å². The maximum absolute atomic E-state index is 9.51. The maximum Gasteiger partial charge on any atom is 0.158 e. The van der Waals surface area contributed by atoms with Crippen LogP contribution in [-0.2, 0) is 38.5 Å². The largest absolute Gasteiger partial charge is 0.504 e. The lowest BCUT2D eigenvalue weighted by Gasteiger charge is -2.09. The van der Waals surface area contributed by atoms with E-state index in [9.17, 15) is 10.2 Å². The van der Waals surface area contributed by atoms with E-state index in [4.69, 9.17) is 9.98 Å². The average Bonchev–Trinajstić information content (AvgIpc) is 3.05. The number of unbranched alkanes of at least 4 members (excludes halogenated alkanes) is 1. The minimum atomic E-state index is -0.0530. The van der Waals surface area contributed by atoms with E-state index >= 15 is 0 Å². The lowest BCUT2D eigenvalue weighted by atomic mass is 9.97. The zero-order chi connectivity index (χ0) is 32.1. The molecule has 0 aromatic heterocycles. The van der Waals surface area contributed by atoms with Crippen LogP contribution in [0.5, 0.6) is 11.5 Å². The highest BCUT2D eigenvalue weighted by Crippen LogP contribution is 2.33. The van der Waals surface area contributed by atoms with E-state index in [2.05, 4.69) is 97.0 Å². The molecule has 0 saturated heterocycles. The summed E-state index contributed by atoms with van der Waals surface area (Å²) in [6.45, 7) is 15.3. The molecule has 4 aromatic carbocycles. The van der Waals surface area contributed by atoms with Crippen molar-refractivity contribution in [3.05, 3.63) is 94.0 Å². The zero-order valence-electron chi connectivity index (χ0n) is 28.0. The molecule has 0 unspecified atom stereocenters. The van der Waals surface area contributed by atoms with E-state index in [1.807, 2.05) is 6.21 Å². The topological polar surface area (TPSA) is 65.2 Å². The molecule has 0 spiro atoms. The minimum Gasteiger partial charge on any atom is -0.504 e. The van der Waals surface area contributed by atoms with Crippen molar-refractivity contribution in [2.75, 3.05) is 0 Å². The van der Waals surface area contributed by atoms with Gasteiger partial charge in [0.25, 0.3) is 0 Å². The van der Waals surface area contributed by atoms with E-state index in [-0.39, 0.29) is 11.5 Å². The number of rotatable bonds is 12. The maximum atomic E-state index is 9.51. The van der Waals surface area contributed by atoms with E-state index in [0.717, 1.165) is 85.6 Å². The van der Waals surface area contributed by atoms with Crippen LogP contribution in [0.4, 0.5) is 11.4 Å². The summed E-state index contributed by atoms with van der Waals surface area (Å²) in [6.07, 6.45) is 11.4. The van der Waals surface area contributed by atoms with Gasteiger partial charge in [-0.2, -0.15) is 0 Å². The van der Waals surface area contributed by atoms with Crippen LogP contribution in [0.15, 0.2) is 70.6 Å². The molecule has 2 N–H and O–H groups in total. The molecule has 4 rings (SSSR count). The number of aromatic hydroxyl groups is 2. The zero-order valence-corrected chi connectivity index (χ0v) is 28.0. The van der Waals surface area contributed by atoms with Crippen molar-refractivity contribution in [3.63, 3.8) is 0 Å². The monoisotopic (exact) mass is 592 g/mol. The fraction of sp³-hybridized carbons (Fsp3) is 0.400. The molecule has 0 aliphatic heterocycles. The number of nitrogens with zero attached hydrogens (tertiary/aromatic N) is 2. The number of phenolic OH excluding ortho intramolecular Hbond substituents is 2. The standard InChI is InChI=1S/C26H36N2.C14H16O2/c1-6-11-12-26(28-25-16-14-21(8-3)23(10-5)18-25)19-27-24-15-13-20(7-2)22(9-4)17-24;1-3-9-5-10(4-2)12-8-14(16)13(15)7-11(12)6-9/h13-19H,6-12H2,1-5H3;5-8,15-16H,3-4H2,1-2H3. The third kappa shape index (κ3) is 9.29. The molecule has 0 aliphatic rings. The summed E-state index contributed by atoms with van der Waals surface area (Å²) in [7, 11) is 0. The quantitative estimate of drug-likeness (QED) is 0.127. The predicted octanol–water partition coefficient (Wildman–Crippen LogP) is 11.0. The second-order valence-corrected chi connectivity index (χ2v) is 11.3. The molecule has 44 heavy (non-hydrogen) atoms. The van der Waals surface area contributed by atoms with Crippen molar-refractivity contribution >= 4 is 34.1 Å². The van der Waals surface area contributed by atoms with Gasteiger partial charge in [0, 0.05) is 6.21 Å². The third-order valence-electron chi connectivity index (χ3n) is 8.31. The number of hydrogen-bond donors (Lipinski definition) is 2. The van der Waals surface area contributed by atoms with E-state index in [0.29, 0.717) is 0 Å². The van der Waals surface area contributed by atoms with Crippen LogP contribution in [0.25, 0.3) is 10.8 Å². The summed E-state index contributed by atoms with van der Waals surface area (Å²) >= 11 is 0. The summed E-state index contributed by atoms with van der Waals surface area (Å²) in [6, 6.07) is 20.7. The van der Waals surface area contributed by atoms with Crippen LogP contribution >= 0.6 is 0 Å². The number of fused-ring (bicyclic) bond motifs is 1. The molecule has 0 heterocycles. The molecule has 4 aromatic rings. The Morgan fingerprint density at radius 3 is 1.73 bits per heavy atom. The van der Waals surface area contributed by atoms with E-state index in [1.54, 1.807) is 12.1 Å². The Kier molecular flexibility index (Phi) is 13.7. The minimum absolute atomic E-state index is 0.0496. The Balaban J connectivity index is 0.000000278. The van der Waals surface area contributed by atoms with Crippen molar-refractivity contribution in [2.45, 2.75) is 106 Å². The molecule has 4 heteroatoms. The fourth-order valence-corrected chi connectivity index (χ4v) is 5.57. The Bertz CT molecular complexity index is 1580. The number of phenols is 2. The van der Waals surface area contributed by atoms with Crippen molar-refractivity contribution in [1.29, 1.82) is 0 Å². The summed E-state index contributed by atoms with van der Waals surface area (Å²) in [5, 5.41) is 21.0. The number of hydrogen-bond acceptors (Lipinski definition) is 4. The fourth-order valence-electron chi connectivity index (χ4n) is 5.57. The number of benzene rings is 4. The summed E-state index contributed by atoms with van der Waals surface area (Å²) in [4.78, 5) is 9.70. The second kappa shape index (κ2) is 17.4. The summed E-state index contributed by atoms with van der Waals surface area (Å²) in [5.74, 6) is -0.103. The Hall–Kier alpha value is -3.92. The van der Waals surface area contributed by atoms with Crippen LogP contribution in [0.2, 0.25) is 0 Å². The normalized spacial score (nSPS) is 11.7. The molecule has 0 radical (unpaired) electrons. The van der Waals surface area contributed by atoms with Gasteiger partial charge in [-0.05, 0) is 132 Å². The molecule has 0 saturated carbocycles. The first-order valence-corrected chi connectivity index (χ1v) is 16.6. The van der Waals surface area contributed by atoms with E-state index in [1.165, 1.54) is 33.4 Å².